The van der Waals surface area contributed by atoms with E-state index in [0.29, 0.717) is 42.6 Å². The summed E-state index contributed by atoms with van der Waals surface area (Å²) >= 11 is 1.31. The number of hydrogen-bond donors (Lipinski definition) is 0. The van der Waals surface area contributed by atoms with Crippen LogP contribution in [0.5, 0.6) is 5.75 Å². The number of hydrogen-bond acceptors (Lipinski definition) is 6. The molecule has 0 N–H and O–H groups in total. The zero-order valence-corrected chi connectivity index (χ0v) is 18.9. The Hall–Kier alpha value is -2.69. The van der Waals surface area contributed by atoms with Gasteiger partial charge in [-0.05, 0) is 42.8 Å². The number of aromatic nitrogens is 1. The number of carbonyl (C=O) groups is 1. The molecule has 176 valence electrons. The van der Waals surface area contributed by atoms with Crippen molar-refractivity contribution in [1.29, 1.82) is 0 Å². The van der Waals surface area contributed by atoms with Crippen LogP contribution in [0.2, 0.25) is 0 Å². The van der Waals surface area contributed by atoms with Gasteiger partial charge in [0.1, 0.15) is 5.75 Å². The molecule has 0 saturated carbocycles. The summed E-state index contributed by atoms with van der Waals surface area (Å²) in [4.78, 5) is 21.7. The Kier molecular flexibility index (Phi) is 7.16. The summed E-state index contributed by atoms with van der Waals surface area (Å²) in [5.41, 5.74) is -0.172. The van der Waals surface area contributed by atoms with Gasteiger partial charge in [-0.25, -0.2) is 4.98 Å². The zero-order chi connectivity index (χ0) is 23.4. The third-order valence-electron chi connectivity index (χ3n) is 5.46. The maximum atomic E-state index is 13.4. The topological polar surface area (TPSA) is 54.9 Å². The van der Waals surface area contributed by atoms with Crippen LogP contribution < -0.4 is 9.64 Å². The summed E-state index contributed by atoms with van der Waals surface area (Å²) in [7, 11) is 1.57. The molecule has 1 aliphatic heterocycles. The number of rotatable bonds is 7. The fourth-order valence-corrected chi connectivity index (χ4v) is 4.70. The Bertz CT molecular complexity index is 1110. The van der Waals surface area contributed by atoms with Crippen LogP contribution >= 0.6 is 11.3 Å². The molecule has 0 bridgehead atoms. The molecular weight excluding hydrogens is 455 g/mol. The minimum atomic E-state index is -4.52. The predicted molar refractivity (Wildman–Crippen MR) is 121 cm³/mol. The Morgan fingerprint density at radius 3 is 2.73 bits per heavy atom. The maximum absolute atomic E-state index is 13.4. The number of alkyl halides is 3. The lowest BCUT2D eigenvalue weighted by Crippen LogP contribution is -2.39. The van der Waals surface area contributed by atoms with Gasteiger partial charge in [-0.1, -0.05) is 17.4 Å². The maximum Gasteiger partial charge on any atom is 0.416 e. The number of fused-ring (bicyclic) bond motifs is 1. The third kappa shape index (κ3) is 5.63. The average molecular weight is 480 g/mol. The van der Waals surface area contributed by atoms with E-state index in [4.69, 9.17) is 9.47 Å². The average Bonchev–Trinajstić information content (AvgIpc) is 3.24. The number of nitrogens with zero attached hydrogens (tertiary/aromatic N) is 3. The number of halogens is 3. The fraction of sp³-hybridized carbons (Fsp3) is 0.391. The van der Waals surface area contributed by atoms with Gasteiger partial charge >= 0.3 is 6.18 Å². The first-order valence-corrected chi connectivity index (χ1v) is 11.4. The molecule has 2 aromatic carbocycles. The quantitative estimate of drug-likeness (QED) is 0.492. The summed E-state index contributed by atoms with van der Waals surface area (Å²) in [6.07, 6.45) is -3.87. The molecular formula is C23H24F3N3O3S. The number of ether oxygens (including phenoxy) is 2. The van der Waals surface area contributed by atoms with Crippen molar-refractivity contribution in [1.82, 2.24) is 9.88 Å². The smallest absolute Gasteiger partial charge is 0.416 e. The SMILES string of the molecule is COc1ccc2nc(N(CCCN3CCOCC3)C(=O)c3cccc(C(F)(F)F)c3)sc2c1. The van der Waals surface area contributed by atoms with Crippen LogP contribution in [-0.2, 0) is 10.9 Å². The lowest BCUT2D eigenvalue weighted by molar-refractivity contribution is -0.137. The first-order chi connectivity index (χ1) is 15.8. The molecule has 2 heterocycles. The predicted octanol–water partition coefficient (Wildman–Crippen LogP) is 4.69. The molecule has 1 amide bonds. The first kappa shape index (κ1) is 23.5. The van der Waals surface area contributed by atoms with Crippen LogP contribution in [0.1, 0.15) is 22.3 Å². The van der Waals surface area contributed by atoms with E-state index < -0.39 is 17.6 Å². The van der Waals surface area contributed by atoms with Gasteiger partial charge < -0.3 is 9.47 Å². The Labute approximate surface area is 193 Å². The minimum Gasteiger partial charge on any atom is -0.497 e. The van der Waals surface area contributed by atoms with Crippen molar-refractivity contribution in [3.63, 3.8) is 0 Å². The van der Waals surface area contributed by atoms with Crippen molar-refractivity contribution in [3.05, 3.63) is 53.6 Å². The van der Waals surface area contributed by atoms with Gasteiger partial charge in [-0.15, -0.1) is 0 Å². The van der Waals surface area contributed by atoms with E-state index in [1.807, 2.05) is 6.07 Å². The van der Waals surface area contributed by atoms with Gasteiger partial charge in [0.2, 0.25) is 0 Å². The second-order valence-electron chi connectivity index (χ2n) is 7.67. The standard InChI is InChI=1S/C23H24F3N3O3S/c1-31-18-6-7-19-20(15-18)33-22(27-19)29(9-3-8-28-10-12-32-13-11-28)21(30)16-4-2-5-17(14-16)23(24,25)26/h2,4-7,14-15H,3,8-13H2,1H3. The summed E-state index contributed by atoms with van der Waals surface area (Å²) in [6, 6.07) is 9.93. The fourth-order valence-electron chi connectivity index (χ4n) is 3.68. The van der Waals surface area contributed by atoms with E-state index in [9.17, 15) is 18.0 Å². The van der Waals surface area contributed by atoms with Crippen molar-refractivity contribution in [2.45, 2.75) is 12.6 Å². The molecule has 0 aliphatic carbocycles. The van der Waals surface area contributed by atoms with E-state index >= 15 is 0 Å². The molecule has 1 aromatic heterocycles. The van der Waals surface area contributed by atoms with Gasteiger partial charge in [0, 0.05) is 31.7 Å². The Morgan fingerprint density at radius 1 is 1.21 bits per heavy atom. The van der Waals surface area contributed by atoms with E-state index in [0.717, 1.165) is 36.5 Å². The highest BCUT2D eigenvalue weighted by Crippen LogP contribution is 2.33. The molecule has 1 fully saturated rings. The molecule has 1 saturated heterocycles. The first-order valence-electron chi connectivity index (χ1n) is 10.6. The van der Waals surface area contributed by atoms with Gasteiger partial charge in [-0.3, -0.25) is 14.6 Å². The monoisotopic (exact) mass is 479 g/mol. The lowest BCUT2D eigenvalue weighted by Gasteiger charge is -2.27. The van der Waals surface area contributed by atoms with Gasteiger partial charge in [0.25, 0.3) is 5.91 Å². The number of thiazole rings is 1. The number of morpholine rings is 1. The third-order valence-corrected chi connectivity index (χ3v) is 6.50. The number of benzene rings is 2. The molecule has 0 radical (unpaired) electrons. The number of methoxy groups -OCH3 is 1. The van der Waals surface area contributed by atoms with E-state index in [2.05, 4.69) is 9.88 Å². The normalized spacial score (nSPS) is 15.0. The van der Waals surface area contributed by atoms with Crippen LogP contribution in [0, 0.1) is 0 Å². The van der Waals surface area contributed by atoms with Gasteiger partial charge in [0.05, 0.1) is 36.1 Å². The number of amides is 1. The largest absolute Gasteiger partial charge is 0.497 e. The second-order valence-corrected chi connectivity index (χ2v) is 8.68. The number of carbonyl (C=O) groups excluding carboxylic acids is 1. The molecule has 0 atom stereocenters. The van der Waals surface area contributed by atoms with Crippen molar-refractivity contribution >= 4 is 32.6 Å². The van der Waals surface area contributed by atoms with E-state index in [1.165, 1.54) is 28.4 Å². The van der Waals surface area contributed by atoms with Crippen LogP contribution in [0.4, 0.5) is 18.3 Å². The molecule has 10 heteroatoms. The van der Waals surface area contributed by atoms with Crippen molar-refractivity contribution in [3.8, 4) is 5.75 Å². The molecule has 0 unspecified atom stereocenters. The highest BCUT2D eigenvalue weighted by Gasteiger charge is 2.32. The van der Waals surface area contributed by atoms with Crippen molar-refractivity contribution in [2.75, 3.05) is 51.4 Å². The Balaban J connectivity index is 1.61. The number of anilines is 1. The molecule has 33 heavy (non-hydrogen) atoms. The highest BCUT2D eigenvalue weighted by molar-refractivity contribution is 7.22. The van der Waals surface area contributed by atoms with Crippen molar-refractivity contribution < 1.29 is 27.4 Å². The lowest BCUT2D eigenvalue weighted by atomic mass is 10.1. The van der Waals surface area contributed by atoms with Crippen LogP contribution in [0.3, 0.4) is 0 Å². The molecule has 3 aromatic rings. The van der Waals surface area contributed by atoms with E-state index in [1.54, 1.807) is 19.2 Å². The van der Waals surface area contributed by atoms with Crippen LogP contribution in [0.15, 0.2) is 42.5 Å². The summed E-state index contributed by atoms with van der Waals surface area (Å²) in [6.45, 7) is 4.09. The van der Waals surface area contributed by atoms with Crippen LogP contribution in [0.25, 0.3) is 10.2 Å². The summed E-state index contributed by atoms with van der Waals surface area (Å²) in [5, 5.41) is 0.447. The molecule has 0 spiro atoms. The van der Waals surface area contributed by atoms with Gasteiger partial charge in [0.15, 0.2) is 5.13 Å². The molecule has 1 aliphatic rings. The van der Waals surface area contributed by atoms with Crippen molar-refractivity contribution in [2.24, 2.45) is 0 Å². The second kappa shape index (κ2) is 10.1. The summed E-state index contributed by atoms with van der Waals surface area (Å²) < 4.78 is 51.1. The highest BCUT2D eigenvalue weighted by atomic mass is 32.1. The van der Waals surface area contributed by atoms with Crippen LogP contribution in [-0.4, -0.2) is 62.3 Å². The van der Waals surface area contributed by atoms with Gasteiger partial charge in [-0.2, -0.15) is 13.2 Å². The van der Waals surface area contributed by atoms with E-state index in [-0.39, 0.29) is 5.56 Å². The minimum absolute atomic E-state index is 0.0203. The summed E-state index contributed by atoms with van der Waals surface area (Å²) in [5.74, 6) is 0.162. The molecule has 4 rings (SSSR count). The zero-order valence-electron chi connectivity index (χ0n) is 18.1. The Morgan fingerprint density at radius 2 is 2.00 bits per heavy atom. The molecule has 6 nitrogen and oxygen atoms in total.